The Morgan fingerprint density at radius 1 is 1.47 bits per heavy atom. The molecule has 19 heavy (non-hydrogen) atoms. The number of likely N-dealkylation sites (tertiary alicyclic amines) is 1. The lowest BCUT2D eigenvalue weighted by Crippen LogP contribution is -2.47. The first-order valence-corrected chi connectivity index (χ1v) is 8.49. The molecule has 1 saturated heterocycles. The minimum absolute atomic E-state index is 0.00446. The normalized spacial score (nSPS) is 25.4. The van der Waals surface area contributed by atoms with E-state index in [0.717, 1.165) is 19.4 Å². The van der Waals surface area contributed by atoms with Gasteiger partial charge in [0.2, 0.25) is 10.0 Å². The Morgan fingerprint density at radius 2 is 2.21 bits per heavy atom. The van der Waals surface area contributed by atoms with Crippen LogP contribution < -0.4 is 4.72 Å². The van der Waals surface area contributed by atoms with E-state index >= 15 is 0 Å². The van der Waals surface area contributed by atoms with E-state index in [4.69, 9.17) is 0 Å². The molecule has 2 atom stereocenters. The van der Waals surface area contributed by atoms with Gasteiger partial charge in [0.1, 0.15) is 4.90 Å². The monoisotopic (exact) mass is 347 g/mol. The van der Waals surface area contributed by atoms with Gasteiger partial charge in [-0.2, -0.15) is 0 Å². The summed E-state index contributed by atoms with van der Waals surface area (Å²) in [4.78, 5) is 6.34. The van der Waals surface area contributed by atoms with Crippen molar-refractivity contribution in [2.75, 3.05) is 13.6 Å². The van der Waals surface area contributed by atoms with Crippen molar-refractivity contribution in [3.05, 3.63) is 22.9 Å². The Bertz CT molecular complexity index is 550. The zero-order chi connectivity index (χ0) is 14.0. The molecule has 2 heterocycles. The van der Waals surface area contributed by atoms with E-state index in [2.05, 4.69) is 44.5 Å². The average Bonchev–Trinajstić information content (AvgIpc) is 2.33. The second-order valence-electron chi connectivity index (χ2n) is 5.01. The molecule has 1 aromatic rings. The molecule has 1 aliphatic rings. The first-order chi connectivity index (χ1) is 8.88. The van der Waals surface area contributed by atoms with Crippen LogP contribution in [0.5, 0.6) is 0 Å². The summed E-state index contributed by atoms with van der Waals surface area (Å²) in [5.74, 6) is 0. The number of sulfonamides is 1. The van der Waals surface area contributed by atoms with Crippen molar-refractivity contribution in [2.24, 2.45) is 0 Å². The molecule has 0 aromatic carbocycles. The Labute approximate surface area is 122 Å². The molecule has 5 nitrogen and oxygen atoms in total. The molecule has 2 unspecified atom stereocenters. The molecule has 0 spiro atoms. The van der Waals surface area contributed by atoms with Gasteiger partial charge in [-0.1, -0.05) is 0 Å². The van der Waals surface area contributed by atoms with Crippen LogP contribution in [0.25, 0.3) is 0 Å². The maximum Gasteiger partial charge on any atom is 0.242 e. The van der Waals surface area contributed by atoms with Gasteiger partial charge in [-0.15, -0.1) is 0 Å². The van der Waals surface area contributed by atoms with Crippen LogP contribution in [-0.4, -0.2) is 44.0 Å². The van der Waals surface area contributed by atoms with Crippen molar-refractivity contribution >= 4 is 26.0 Å². The fourth-order valence-corrected chi connectivity index (χ4v) is 4.01. The Balaban J connectivity index is 2.10. The van der Waals surface area contributed by atoms with Gasteiger partial charge < -0.3 is 4.90 Å². The smallest absolute Gasteiger partial charge is 0.242 e. The largest absolute Gasteiger partial charge is 0.304 e. The third-order valence-electron chi connectivity index (χ3n) is 3.52. The van der Waals surface area contributed by atoms with Crippen molar-refractivity contribution < 1.29 is 8.42 Å². The Hall–Kier alpha value is -0.500. The number of rotatable bonds is 3. The van der Waals surface area contributed by atoms with E-state index < -0.39 is 10.0 Å². The SMILES string of the molecule is CC1CC(NS(=O)(=O)c2cncc(Br)c2)CCN1C. The first kappa shape index (κ1) is 14.9. The number of piperidine rings is 1. The number of nitrogens with one attached hydrogen (secondary N) is 1. The summed E-state index contributed by atoms with van der Waals surface area (Å²) in [5.41, 5.74) is 0. The quantitative estimate of drug-likeness (QED) is 0.902. The van der Waals surface area contributed by atoms with Crippen molar-refractivity contribution in [2.45, 2.75) is 36.7 Å². The minimum atomic E-state index is -3.48. The van der Waals surface area contributed by atoms with E-state index in [1.807, 2.05) is 0 Å². The molecular formula is C12H18BrN3O2S. The molecule has 1 fully saturated rings. The van der Waals surface area contributed by atoms with Crippen LogP contribution in [0.4, 0.5) is 0 Å². The second-order valence-corrected chi connectivity index (χ2v) is 7.64. The minimum Gasteiger partial charge on any atom is -0.304 e. The van der Waals surface area contributed by atoms with E-state index in [1.54, 1.807) is 12.3 Å². The lowest BCUT2D eigenvalue weighted by molar-refractivity contribution is 0.178. The highest BCUT2D eigenvalue weighted by Crippen LogP contribution is 2.19. The van der Waals surface area contributed by atoms with Gasteiger partial charge in [-0.25, -0.2) is 13.1 Å². The lowest BCUT2D eigenvalue weighted by Gasteiger charge is -2.35. The van der Waals surface area contributed by atoms with Crippen LogP contribution in [-0.2, 0) is 10.0 Å². The lowest BCUT2D eigenvalue weighted by atomic mass is 10.0. The molecule has 106 valence electrons. The molecular weight excluding hydrogens is 330 g/mol. The van der Waals surface area contributed by atoms with E-state index in [1.165, 1.54) is 6.20 Å². The zero-order valence-corrected chi connectivity index (χ0v) is 13.4. The van der Waals surface area contributed by atoms with Crippen molar-refractivity contribution in [1.82, 2.24) is 14.6 Å². The van der Waals surface area contributed by atoms with E-state index in [0.29, 0.717) is 10.5 Å². The molecule has 0 bridgehead atoms. The van der Waals surface area contributed by atoms with Gasteiger partial charge in [0.15, 0.2) is 0 Å². The standard InChI is InChI=1S/C12H18BrN3O2S/c1-9-5-11(3-4-16(9)2)15-19(17,18)12-6-10(13)7-14-8-12/h6-9,11,15H,3-5H2,1-2H3. The molecule has 0 amide bonds. The topological polar surface area (TPSA) is 62.3 Å². The van der Waals surface area contributed by atoms with E-state index in [9.17, 15) is 8.42 Å². The third-order valence-corrected chi connectivity index (χ3v) is 5.44. The maximum absolute atomic E-state index is 12.3. The summed E-state index contributed by atoms with van der Waals surface area (Å²) in [5, 5.41) is 0. The highest BCUT2D eigenvalue weighted by molar-refractivity contribution is 9.10. The molecule has 2 rings (SSSR count). The number of nitrogens with zero attached hydrogens (tertiary/aromatic N) is 2. The first-order valence-electron chi connectivity index (χ1n) is 6.21. The van der Waals surface area contributed by atoms with Crippen LogP contribution in [0.2, 0.25) is 0 Å². The van der Waals surface area contributed by atoms with Crippen LogP contribution in [0.1, 0.15) is 19.8 Å². The second kappa shape index (κ2) is 5.87. The highest BCUT2D eigenvalue weighted by atomic mass is 79.9. The van der Waals surface area contributed by atoms with E-state index in [-0.39, 0.29) is 10.9 Å². The van der Waals surface area contributed by atoms with Crippen LogP contribution in [0.3, 0.4) is 0 Å². The van der Waals surface area contributed by atoms with Crippen LogP contribution in [0.15, 0.2) is 27.8 Å². The van der Waals surface area contributed by atoms with Crippen molar-refractivity contribution in [3.63, 3.8) is 0 Å². The van der Waals surface area contributed by atoms with Crippen molar-refractivity contribution in [3.8, 4) is 0 Å². The predicted octanol–water partition coefficient (Wildman–Crippen LogP) is 1.61. The number of hydrogen-bond acceptors (Lipinski definition) is 4. The fraction of sp³-hybridized carbons (Fsp3) is 0.583. The molecule has 7 heteroatoms. The predicted molar refractivity (Wildman–Crippen MR) is 77.4 cm³/mol. The number of pyridine rings is 1. The number of hydrogen-bond donors (Lipinski definition) is 1. The third kappa shape index (κ3) is 3.75. The average molecular weight is 348 g/mol. The van der Waals surface area contributed by atoms with Crippen LogP contribution >= 0.6 is 15.9 Å². The van der Waals surface area contributed by atoms with Gasteiger partial charge in [0.05, 0.1) is 0 Å². The highest BCUT2D eigenvalue weighted by Gasteiger charge is 2.27. The summed E-state index contributed by atoms with van der Waals surface area (Å²) in [7, 11) is -1.42. The Kier molecular flexibility index (Phi) is 4.60. The Morgan fingerprint density at radius 3 is 2.84 bits per heavy atom. The maximum atomic E-state index is 12.3. The molecule has 1 aliphatic heterocycles. The summed E-state index contributed by atoms with van der Waals surface area (Å²) < 4.78 is 27.9. The molecule has 1 N–H and O–H groups in total. The van der Waals surface area contributed by atoms with Crippen LogP contribution in [0, 0.1) is 0 Å². The van der Waals surface area contributed by atoms with Gasteiger partial charge in [0, 0.05) is 29.0 Å². The van der Waals surface area contributed by atoms with Crippen molar-refractivity contribution in [1.29, 1.82) is 0 Å². The zero-order valence-electron chi connectivity index (χ0n) is 11.0. The fourth-order valence-electron chi connectivity index (χ4n) is 2.22. The summed E-state index contributed by atoms with van der Waals surface area (Å²) in [6.07, 6.45) is 4.60. The molecule has 0 aliphatic carbocycles. The summed E-state index contributed by atoms with van der Waals surface area (Å²) in [6, 6.07) is 1.95. The van der Waals surface area contributed by atoms with Gasteiger partial charge in [-0.3, -0.25) is 4.98 Å². The summed E-state index contributed by atoms with van der Waals surface area (Å²) in [6.45, 7) is 3.02. The molecule has 0 saturated carbocycles. The summed E-state index contributed by atoms with van der Waals surface area (Å²) >= 11 is 3.24. The van der Waals surface area contributed by atoms with Gasteiger partial charge in [-0.05, 0) is 55.4 Å². The molecule has 0 radical (unpaired) electrons. The molecule has 1 aromatic heterocycles. The number of halogens is 1. The number of aromatic nitrogens is 1. The van der Waals surface area contributed by atoms with Gasteiger partial charge in [0.25, 0.3) is 0 Å². The van der Waals surface area contributed by atoms with Gasteiger partial charge >= 0.3 is 0 Å².